The molecule has 0 saturated heterocycles. The fourth-order valence-corrected chi connectivity index (χ4v) is 1.71. The van der Waals surface area contributed by atoms with E-state index in [1.807, 2.05) is 0 Å². The first-order valence-electron chi connectivity index (χ1n) is 6.33. The van der Waals surface area contributed by atoms with E-state index >= 15 is 0 Å². The van der Waals surface area contributed by atoms with Crippen LogP contribution in [0.4, 0.5) is 11.4 Å². The number of hydrogen-bond donors (Lipinski definition) is 2. The zero-order chi connectivity index (χ0) is 15.0. The van der Waals surface area contributed by atoms with Crippen molar-refractivity contribution in [2.75, 3.05) is 32.6 Å². The molecular formula is C13H19N3O4. The Morgan fingerprint density at radius 3 is 2.75 bits per heavy atom. The Kier molecular flexibility index (Phi) is 6.45. The lowest BCUT2D eigenvalue weighted by atomic mass is 10.1. The monoisotopic (exact) mass is 281 g/mol. The van der Waals surface area contributed by atoms with Gasteiger partial charge in [-0.3, -0.25) is 14.9 Å². The van der Waals surface area contributed by atoms with Gasteiger partial charge in [0.25, 0.3) is 11.6 Å². The van der Waals surface area contributed by atoms with E-state index in [2.05, 4.69) is 10.6 Å². The summed E-state index contributed by atoms with van der Waals surface area (Å²) in [6.45, 7) is 1.21. The molecule has 1 aromatic carbocycles. The maximum atomic E-state index is 11.9. The van der Waals surface area contributed by atoms with Gasteiger partial charge in [0, 0.05) is 38.9 Å². The van der Waals surface area contributed by atoms with Crippen LogP contribution in [0.3, 0.4) is 0 Å². The summed E-state index contributed by atoms with van der Waals surface area (Å²) < 4.78 is 4.91. The van der Waals surface area contributed by atoms with Crippen molar-refractivity contribution in [2.24, 2.45) is 0 Å². The van der Waals surface area contributed by atoms with Crippen molar-refractivity contribution in [3.05, 3.63) is 33.9 Å². The van der Waals surface area contributed by atoms with Crippen LogP contribution in [0, 0.1) is 10.1 Å². The molecule has 0 aliphatic heterocycles. The van der Waals surface area contributed by atoms with Crippen LogP contribution >= 0.6 is 0 Å². The van der Waals surface area contributed by atoms with Crippen LogP contribution in [0.15, 0.2) is 18.2 Å². The molecule has 0 unspecified atom stereocenters. The Morgan fingerprint density at radius 1 is 1.40 bits per heavy atom. The van der Waals surface area contributed by atoms with E-state index < -0.39 is 4.92 Å². The number of methoxy groups -OCH3 is 1. The minimum atomic E-state index is -0.488. The van der Waals surface area contributed by atoms with E-state index in [1.165, 1.54) is 18.2 Å². The summed E-state index contributed by atoms with van der Waals surface area (Å²) in [6, 6.07) is 4.25. The molecule has 2 N–H and O–H groups in total. The molecule has 110 valence electrons. The van der Waals surface area contributed by atoms with Gasteiger partial charge in [-0.15, -0.1) is 0 Å². The SMILES string of the molecule is CNc1cc(C(=O)NCCCCOC)ccc1[N+](=O)[O-]. The fraction of sp³-hybridized carbons (Fsp3) is 0.462. The second-order valence-corrected chi connectivity index (χ2v) is 4.19. The van der Waals surface area contributed by atoms with Gasteiger partial charge in [0.2, 0.25) is 0 Å². The molecule has 0 aromatic heterocycles. The molecule has 7 heteroatoms. The largest absolute Gasteiger partial charge is 0.385 e. The number of nitrogens with zero attached hydrogens (tertiary/aromatic N) is 1. The maximum Gasteiger partial charge on any atom is 0.292 e. The highest BCUT2D eigenvalue weighted by molar-refractivity contribution is 5.95. The van der Waals surface area contributed by atoms with E-state index in [0.717, 1.165) is 12.8 Å². The second kappa shape index (κ2) is 8.11. The molecule has 1 aromatic rings. The van der Waals surface area contributed by atoms with Gasteiger partial charge < -0.3 is 15.4 Å². The first-order valence-corrected chi connectivity index (χ1v) is 6.33. The van der Waals surface area contributed by atoms with Gasteiger partial charge in [0.1, 0.15) is 5.69 Å². The Labute approximate surface area is 117 Å². The summed E-state index contributed by atoms with van der Waals surface area (Å²) >= 11 is 0. The molecule has 20 heavy (non-hydrogen) atoms. The molecule has 0 bridgehead atoms. The third kappa shape index (κ3) is 4.51. The predicted molar refractivity (Wildman–Crippen MR) is 76.1 cm³/mol. The van der Waals surface area contributed by atoms with Crippen LogP contribution in [0.2, 0.25) is 0 Å². The van der Waals surface area contributed by atoms with Gasteiger partial charge in [-0.2, -0.15) is 0 Å². The molecule has 1 rings (SSSR count). The Bertz CT molecular complexity index is 477. The number of carbonyl (C=O) groups is 1. The van der Waals surface area contributed by atoms with Crippen LogP contribution in [0.5, 0.6) is 0 Å². The summed E-state index contributed by atoms with van der Waals surface area (Å²) in [5.41, 5.74) is 0.665. The van der Waals surface area contributed by atoms with E-state index in [-0.39, 0.29) is 11.6 Å². The Balaban J connectivity index is 2.62. The third-order valence-corrected chi connectivity index (χ3v) is 2.79. The standard InChI is InChI=1S/C13H19N3O4/c1-14-11-9-10(5-6-12(11)16(18)19)13(17)15-7-3-4-8-20-2/h5-6,9,14H,3-4,7-8H2,1-2H3,(H,15,17). The number of rotatable bonds is 8. The minimum Gasteiger partial charge on any atom is -0.385 e. The molecule has 0 atom stereocenters. The van der Waals surface area contributed by atoms with Crippen molar-refractivity contribution >= 4 is 17.3 Å². The zero-order valence-corrected chi connectivity index (χ0v) is 11.6. The number of unbranched alkanes of at least 4 members (excludes halogenated alkanes) is 1. The molecule has 0 aliphatic carbocycles. The van der Waals surface area contributed by atoms with Crippen molar-refractivity contribution < 1.29 is 14.5 Å². The topological polar surface area (TPSA) is 93.5 Å². The van der Waals surface area contributed by atoms with E-state index in [9.17, 15) is 14.9 Å². The average Bonchev–Trinajstić information content (AvgIpc) is 2.45. The highest BCUT2D eigenvalue weighted by Gasteiger charge is 2.15. The molecule has 0 fully saturated rings. The van der Waals surface area contributed by atoms with Crippen molar-refractivity contribution in [1.82, 2.24) is 5.32 Å². The molecule has 0 aliphatic rings. The normalized spacial score (nSPS) is 10.1. The number of nitro benzene ring substituents is 1. The molecule has 0 radical (unpaired) electrons. The number of benzene rings is 1. The quantitative estimate of drug-likeness (QED) is 0.430. The van der Waals surface area contributed by atoms with Crippen LogP contribution in [0.25, 0.3) is 0 Å². The first-order chi connectivity index (χ1) is 9.60. The number of carbonyl (C=O) groups excluding carboxylic acids is 1. The Hall–Kier alpha value is -2.15. The summed E-state index contributed by atoms with van der Waals surface area (Å²) in [7, 11) is 3.21. The summed E-state index contributed by atoms with van der Waals surface area (Å²) in [5.74, 6) is -0.242. The smallest absolute Gasteiger partial charge is 0.292 e. The van der Waals surface area contributed by atoms with E-state index in [1.54, 1.807) is 14.2 Å². The molecule has 0 heterocycles. The van der Waals surface area contributed by atoms with Gasteiger partial charge in [-0.05, 0) is 25.0 Å². The number of anilines is 1. The van der Waals surface area contributed by atoms with Crippen LogP contribution in [-0.4, -0.2) is 38.1 Å². The van der Waals surface area contributed by atoms with Crippen LogP contribution < -0.4 is 10.6 Å². The number of nitrogens with one attached hydrogen (secondary N) is 2. The maximum absolute atomic E-state index is 11.9. The van der Waals surface area contributed by atoms with Gasteiger partial charge in [-0.25, -0.2) is 0 Å². The number of ether oxygens (including phenoxy) is 1. The molecular weight excluding hydrogens is 262 g/mol. The highest BCUT2D eigenvalue weighted by atomic mass is 16.6. The van der Waals surface area contributed by atoms with Gasteiger partial charge in [0.05, 0.1) is 4.92 Å². The van der Waals surface area contributed by atoms with Gasteiger partial charge in [0.15, 0.2) is 0 Å². The first kappa shape index (κ1) is 15.9. The minimum absolute atomic E-state index is 0.0517. The number of nitro groups is 1. The summed E-state index contributed by atoms with van der Waals surface area (Å²) in [5, 5.41) is 16.3. The van der Waals surface area contributed by atoms with Crippen molar-refractivity contribution in [3.8, 4) is 0 Å². The molecule has 7 nitrogen and oxygen atoms in total. The van der Waals surface area contributed by atoms with Gasteiger partial charge >= 0.3 is 0 Å². The second-order valence-electron chi connectivity index (χ2n) is 4.19. The van der Waals surface area contributed by atoms with Crippen LogP contribution in [0.1, 0.15) is 23.2 Å². The van der Waals surface area contributed by atoms with Crippen LogP contribution in [-0.2, 0) is 4.74 Å². The van der Waals surface area contributed by atoms with E-state index in [4.69, 9.17) is 4.74 Å². The summed E-state index contributed by atoms with van der Waals surface area (Å²) in [6.07, 6.45) is 1.70. The van der Waals surface area contributed by atoms with Crippen molar-refractivity contribution in [1.29, 1.82) is 0 Å². The van der Waals surface area contributed by atoms with Crippen molar-refractivity contribution in [2.45, 2.75) is 12.8 Å². The highest BCUT2D eigenvalue weighted by Crippen LogP contribution is 2.24. The van der Waals surface area contributed by atoms with Gasteiger partial charge in [-0.1, -0.05) is 0 Å². The molecule has 1 amide bonds. The van der Waals surface area contributed by atoms with Crippen molar-refractivity contribution in [3.63, 3.8) is 0 Å². The zero-order valence-electron chi connectivity index (χ0n) is 11.6. The average molecular weight is 281 g/mol. The molecule has 0 saturated carbocycles. The lowest BCUT2D eigenvalue weighted by Gasteiger charge is -2.07. The number of hydrogen-bond acceptors (Lipinski definition) is 5. The lowest BCUT2D eigenvalue weighted by molar-refractivity contribution is -0.383. The Morgan fingerprint density at radius 2 is 2.15 bits per heavy atom. The number of amides is 1. The lowest BCUT2D eigenvalue weighted by Crippen LogP contribution is -2.24. The third-order valence-electron chi connectivity index (χ3n) is 2.79. The fourth-order valence-electron chi connectivity index (χ4n) is 1.71. The van der Waals surface area contributed by atoms with E-state index in [0.29, 0.717) is 24.4 Å². The predicted octanol–water partition coefficient (Wildman–Crippen LogP) is 1.79. The summed E-state index contributed by atoms with van der Waals surface area (Å²) in [4.78, 5) is 22.2. The molecule has 0 spiro atoms.